The number of pyridine rings is 1. The summed E-state index contributed by atoms with van der Waals surface area (Å²) in [4.78, 5) is 7.13. The zero-order valence-corrected chi connectivity index (χ0v) is 12.4. The van der Waals surface area contributed by atoms with Gasteiger partial charge in [0.2, 0.25) is 0 Å². The summed E-state index contributed by atoms with van der Waals surface area (Å²) in [5.41, 5.74) is 1.21. The van der Waals surface area contributed by atoms with Gasteiger partial charge in [-0.05, 0) is 66.7 Å². The summed E-state index contributed by atoms with van der Waals surface area (Å²) >= 11 is 3.67. The molecular weight excluding hydrogens is 290 g/mol. The summed E-state index contributed by atoms with van der Waals surface area (Å²) in [5, 5.41) is 3.59. The highest BCUT2D eigenvalue weighted by Gasteiger charge is 2.33. The molecule has 3 nitrogen and oxygen atoms in total. The van der Waals surface area contributed by atoms with E-state index in [0.29, 0.717) is 12.1 Å². The van der Waals surface area contributed by atoms with Crippen molar-refractivity contribution in [1.29, 1.82) is 0 Å². The lowest BCUT2D eigenvalue weighted by molar-refractivity contribution is 0.575. The molecule has 2 heterocycles. The molecule has 0 radical (unpaired) electrons. The van der Waals surface area contributed by atoms with Crippen LogP contribution in [0.3, 0.4) is 0 Å². The smallest absolute Gasteiger partial charge is 0.143 e. The second kappa shape index (κ2) is 5.17. The lowest BCUT2D eigenvalue weighted by Gasteiger charge is -2.27. The van der Waals surface area contributed by atoms with Gasteiger partial charge in [-0.25, -0.2) is 4.98 Å². The standard InChI is InChI=1S/C14H20BrN3/c1-10-7-13(15)14(17-8-10)18(12-4-5-12)9-11-3-2-6-16-11/h7-8,11-12,16H,2-6,9H2,1H3. The first-order valence-corrected chi connectivity index (χ1v) is 7.65. The monoisotopic (exact) mass is 309 g/mol. The summed E-state index contributed by atoms with van der Waals surface area (Å²) in [7, 11) is 0. The second-order valence-corrected chi connectivity index (χ2v) is 6.35. The summed E-state index contributed by atoms with van der Waals surface area (Å²) in [6, 6.07) is 3.51. The fourth-order valence-corrected chi connectivity index (χ4v) is 3.37. The molecule has 0 amide bonds. The normalized spacial score (nSPS) is 23.3. The van der Waals surface area contributed by atoms with E-state index >= 15 is 0 Å². The Bertz CT molecular complexity index is 425. The molecule has 0 spiro atoms. The Hall–Kier alpha value is -0.610. The van der Waals surface area contributed by atoms with Gasteiger partial charge < -0.3 is 10.2 Å². The number of hydrogen-bond acceptors (Lipinski definition) is 3. The fourth-order valence-electron chi connectivity index (χ4n) is 2.68. The third kappa shape index (κ3) is 2.69. The molecule has 4 heteroatoms. The van der Waals surface area contributed by atoms with Crippen molar-refractivity contribution >= 4 is 21.7 Å². The molecule has 1 aliphatic heterocycles. The van der Waals surface area contributed by atoms with Crippen molar-refractivity contribution in [2.24, 2.45) is 0 Å². The number of hydrogen-bond donors (Lipinski definition) is 1. The van der Waals surface area contributed by atoms with Crippen molar-refractivity contribution in [2.75, 3.05) is 18.0 Å². The molecule has 1 aromatic rings. The maximum Gasteiger partial charge on any atom is 0.143 e. The largest absolute Gasteiger partial charge is 0.351 e. The van der Waals surface area contributed by atoms with Gasteiger partial charge in [-0.3, -0.25) is 0 Å². The second-order valence-electron chi connectivity index (χ2n) is 5.49. The van der Waals surface area contributed by atoms with Crippen LogP contribution in [-0.2, 0) is 0 Å². The molecule has 18 heavy (non-hydrogen) atoms. The molecule has 1 saturated heterocycles. The molecule has 1 aromatic heterocycles. The molecular formula is C14H20BrN3. The third-order valence-electron chi connectivity index (χ3n) is 3.80. The van der Waals surface area contributed by atoms with Crippen molar-refractivity contribution in [3.63, 3.8) is 0 Å². The van der Waals surface area contributed by atoms with Gasteiger partial charge >= 0.3 is 0 Å². The zero-order chi connectivity index (χ0) is 12.5. The topological polar surface area (TPSA) is 28.2 Å². The van der Waals surface area contributed by atoms with Crippen LogP contribution in [0.1, 0.15) is 31.2 Å². The molecule has 1 aliphatic carbocycles. The molecule has 2 fully saturated rings. The molecule has 1 N–H and O–H groups in total. The van der Waals surface area contributed by atoms with Crippen molar-refractivity contribution in [2.45, 2.75) is 44.7 Å². The van der Waals surface area contributed by atoms with Crippen molar-refractivity contribution in [3.8, 4) is 0 Å². The average Bonchev–Trinajstić information content (AvgIpc) is 3.05. The number of aryl methyl sites for hydroxylation is 1. The van der Waals surface area contributed by atoms with Crippen LogP contribution in [0.2, 0.25) is 0 Å². The van der Waals surface area contributed by atoms with Gasteiger partial charge in [-0.2, -0.15) is 0 Å². The van der Waals surface area contributed by atoms with E-state index in [1.165, 1.54) is 37.8 Å². The van der Waals surface area contributed by atoms with Crippen LogP contribution in [0.15, 0.2) is 16.7 Å². The SMILES string of the molecule is Cc1cnc(N(CC2CCCN2)C2CC2)c(Br)c1. The van der Waals surface area contributed by atoms with E-state index in [2.05, 4.69) is 44.1 Å². The number of rotatable bonds is 4. The highest BCUT2D eigenvalue weighted by molar-refractivity contribution is 9.10. The van der Waals surface area contributed by atoms with Gasteiger partial charge in [0.15, 0.2) is 0 Å². The summed E-state index contributed by atoms with van der Waals surface area (Å²) < 4.78 is 1.13. The predicted octanol–water partition coefficient (Wildman–Crippen LogP) is 2.87. The molecule has 1 unspecified atom stereocenters. The molecule has 0 bridgehead atoms. The Morgan fingerprint density at radius 3 is 2.89 bits per heavy atom. The van der Waals surface area contributed by atoms with Gasteiger partial charge in [0.05, 0.1) is 4.47 Å². The Kier molecular flexibility index (Phi) is 3.57. The van der Waals surface area contributed by atoms with Crippen molar-refractivity contribution < 1.29 is 0 Å². The summed E-state index contributed by atoms with van der Waals surface area (Å²) in [6.07, 6.45) is 7.21. The van der Waals surface area contributed by atoms with Crippen LogP contribution in [0.4, 0.5) is 5.82 Å². The molecule has 0 aromatic carbocycles. The highest BCUT2D eigenvalue weighted by atomic mass is 79.9. The van der Waals surface area contributed by atoms with Gasteiger partial charge in [0.25, 0.3) is 0 Å². The van der Waals surface area contributed by atoms with Gasteiger partial charge in [0.1, 0.15) is 5.82 Å². The minimum absolute atomic E-state index is 0.639. The highest BCUT2D eigenvalue weighted by Crippen LogP contribution is 2.35. The van der Waals surface area contributed by atoms with Crippen molar-refractivity contribution in [3.05, 3.63) is 22.3 Å². The van der Waals surface area contributed by atoms with E-state index in [1.807, 2.05) is 6.20 Å². The number of anilines is 1. The van der Waals surface area contributed by atoms with Crippen molar-refractivity contribution in [1.82, 2.24) is 10.3 Å². The lowest BCUT2D eigenvalue weighted by atomic mass is 10.2. The third-order valence-corrected chi connectivity index (χ3v) is 4.38. The van der Waals surface area contributed by atoms with E-state index in [9.17, 15) is 0 Å². The van der Waals surface area contributed by atoms with Gasteiger partial charge in [0, 0.05) is 24.8 Å². The van der Waals surface area contributed by atoms with E-state index in [0.717, 1.165) is 16.8 Å². The summed E-state index contributed by atoms with van der Waals surface area (Å²) in [5.74, 6) is 1.12. The van der Waals surface area contributed by atoms with E-state index in [4.69, 9.17) is 0 Å². The minimum Gasteiger partial charge on any atom is -0.351 e. The Labute approximate surface area is 117 Å². The first kappa shape index (κ1) is 12.4. The van der Waals surface area contributed by atoms with E-state index < -0.39 is 0 Å². The fraction of sp³-hybridized carbons (Fsp3) is 0.643. The summed E-state index contributed by atoms with van der Waals surface area (Å²) in [6.45, 7) is 4.35. The minimum atomic E-state index is 0.639. The molecule has 1 saturated carbocycles. The van der Waals surface area contributed by atoms with Crippen LogP contribution in [-0.4, -0.2) is 30.2 Å². The van der Waals surface area contributed by atoms with Crippen LogP contribution in [0.25, 0.3) is 0 Å². The number of nitrogens with one attached hydrogen (secondary N) is 1. The first-order valence-electron chi connectivity index (χ1n) is 6.86. The maximum atomic E-state index is 4.63. The van der Waals surface area contributed by atoms with Crippen LogP contribution >= 0.6 is 15.9 Å². The number of nitrogens with zero attached hydrogens (tertiary/aromatic N) is 2. The molecule has 3 rings (SSSR count). The maximum absolute atomic E-state index is 4.63. The lowest BCUT2D eigenvalue weighted by Crippen LogP contribution is -2.39. The van der Waals surface area contributed by atoms with E-state index in [-0.39, 0.29) is 0 Å². The Morgan fingerprint density at radius 1 is 1.44 bits per heavy atom. The Morgan fingerprint density at radius 2 is 2.28 bits per heavy atom. The van der Waals surface area contributed by atoms with Crippen LogP contribution in [0, 0.1) is 6.92 Å². The zero-order valence-electron chi connectivity index (χ0n) is 10.8. The van der Waals surface area contributed by atoms with Crippen LogP contribution in [0.5, 0.6) is 0 Å². The predicted molar refractivity (Wildman–Crippen MR) is 78.1 cm³/mol. The van der Waals surface area contributed by atoms with Crippen LogP contribution < -0.4 is 10.2 Å². The number of halogens is 1. The first-order chi connectivity index (χ1) is 8.74. The average molecular weight is 310 g/mol. The quantitative estimate of drug-likeness (QED) is 0.927. The molecule has 1 atom stereocenters. The van der Waals surface area contributed by atoms with Gasteiger partial charge in [-0.15, -0.1) is 0 Å². The number of aromatic nitrogens is 1. The molecule has 98 valence electrons. The van der Waals surface area contributed by atoms with Gasteiger partial charge in [-0.1, -0.05) is 0 Å². The Balaban J connectivity index is 1.79. The molecule has 2 aliphatic rings. The van der Waals surface area contributed by atoms with E-state index in [1.54, 1.807) is 0 Å².